The van der Waals surface area contributed by atoms with Gasteiger partial charge in [0.15, 0.2) is 0 Å². The van der Waals surface area contributed by atoms with Crippen molar-refractivity contribution in [2.45, 2.75) is 37.9 Å². The number of rotatable bonds is 2. The third-order valence-electron chi connectivity index (χ3n) is 9.97. The second kappa shape index (κ2) is 4.76. The van der Waals surface area contributed by atoms with Crippen LogP contribution in [0.5, 0.6) is 0 Å². The molecule has 6 aliphatic rings. The first-order valence-electron chi connectivity index (χ1n) is 10.3. The molecule has 24 heavy (non-hydrogen) atoms. The fourth-order valence-corrected chi connectivity index (χ4v) is 10.0. The summed E-state index contributed by atoms with van der Waals surface area (Å²) < 4.78 is 0. The fourth-order valence-electron chi connectivity index (χ4n) is 10.0. The van der Waals surface area contributed by atoms with Crippen molar-refractivity contribution in [2.24, 2.45) is 71.0 Å². The minimum Gasteiger partial charge on any atom is -0.396 e. The van der Waals surface area contributed by atoms with Crippen molar-refractivity contribution in [3.05, 3.63) is 0 Å². The smallest absolute Gasteiger partial charge is 0.0574 e. The van der Waals surface area contributed by atoms with E-state index < -0.39 is 0 Å². The van der Waals surface area contributed by atoms with Crippen LogP contribution in [0.1, 0.15) is 25.7 Å². The summed E-state index contributed by atoms with van der Waals surface area (Å²) in [6, 6.07) is 0. The average molecular weight is 334 g/mol. The van der Waals surface area contributed by atoms with E-state index in [-0.39, 0.29) is 25.4 Å². The summed E-state index contributed by atoms with van der Waals surface area (Å²) in [5.41, 5.74) is 0. The van der Waals surface area contributed by atoms with Gasteiger partial charge in [-0.25, -0.2) is 0 Å². The molecule has 0 aromatic heterocycles. The fraction of sp³-hybridized carbons (Fsp3) is 1.00. The van der Waals surface area contributed by atoms with Gasteiger partial charge < -0.3 is 20.4 Å². The van der Waals surface area contributed by atoms with Crippen LogP contribution in [0.2, 0.25) is 0 Å². The normalized spacial score (nSPS) is 68.5. The van der Waals surface area contributed by atoms with E-state index in [2.05, 4.69) is 0 Å². The second-order valence-electron chi connectivity index (χ2n) is 9.93. The summed E-state index contributed by atoms with van der Waals surface area (Å²) in [4.78, 5) is 0. The maximum absolute atomic E-state index is 10.7. The van der Waals surface area contributed by atoms with Gasteiger partial charge in [0.25, 0.3) is 0 Å². The van der Waals surface area contributed by atoms with E-state index in [0.29, 0.717) is 71.0 Å². The predicted molar refractivity (Wildman–Crippen MR) is 86.5 cm³/mol. The molecule has 134 valence electrons. The highest BCUT2D eigenvalue weighted by Crippen LogP contribution is 2.79. The van der Waals surface area contributed by atoms with Gasteiger partial charge in [0.2, 0.25) is 0 Å². The van der Waals surface area contributed by atoms with E-state index in [1.807, 2.05) is 0 Å². The highest BCUT2D eigenvalue weighted by atomic mass is 16.3. The predicted octanol–water partition coefficient (Wildman–Crippen LogP) is 0.729. The summed E-state index contributed by atoms with van der Waals surface area (Å²) in [6.45, 7) is 0.502. The quantitative estimate of drug-likeness (QED) is 0.600. The molecule has 4 heteroatoms. The standard InChI is InChI=1S/C20H30O4/c21-5-9-13-7-1-3-11(23)15(7)17-10(6-22)14-8-2-4-12(24)16(8)18(9)20(14)19(13)17/h7-24H,1-6H2/t7-,8-,9+,10+,11-,12-,13-,14-,15+,16+,17-,18+,19-,20+/m0/s1. The lowest BCUT2D eigenvalue weighted by Crippen LogP contribution is -2.35. The van der Waals surface area contributed by atoms with Crippen molar-refractivity contribution in [3.8, 4) is 0 Å². The molecule has 0 aliphatic heterocycles. The lowest BCUT2D eigenvalue weighted by atomic mass is 9.72. The Hall–Kier alpha value is -0.160. The molecule has 4 N–H and O–H groups in total. The Bertz CT molecular complexity index is 504. The summed E-state index contributed by atoms with van der Waals surface area (Å²) in [7, 11) is 0. The minimum atomic E-state index is -0.193. The van der Waals surface area contributed by atoms with Gasteiger partial charge in [-0.3, -0.25) is 0 Å². The van der Waals surface area contributed by atoms with E-state index in [4.69, 9.17) is 0 Å². The highest BCUT2D eigenvalue weighted by Gasteiger charge is 2.77. The van der Waals surface area contributed by atoms with Crippen LogP contribution < -0.4 is 0 Å². The van der Waals surface area contributed by atoms with Crippen LogP contribution in [-0.4, -0.2) is 45.8 Å². The molecule has 0 aromatic rings. The molecule has 0 spiro atoms. The summed E-state index contributed by atoms with van der Waals surface area (Å²) in [6.07, 6.45) is 3.61. The molecule has 0 amide bonds. The Morgan fingerprint density at radius 2 is 0.917 bits per heavy atom. The zero-order valence-corrected chi connectivity index (χ0v) is 14.1. The van der Waals surface area contributed by atoms with Crippen molar-refractivity contribution in [2.75, 3.05) is 13.2 Å². The van der Waals surface area contributed by atoms with Gasteiger partial charge in [-0.15, -0.1) is 0 Å². The summed E-state index contributed by atoms with van der Waals surface area (Å²) in [5, 5.41) is 41.9. The Kier molecular flexibility index (Phi) is 2.97. The zero-order valence-electron chi connectivity index (χ0n) is 14.1. The lowest BCUT2D eigenvalue weighted by molar-refractivity contribution is 0.0234. The summed E-state index contributed by atoms with van der Waals surface area (Å²) in [5.74, 6) is 5.66. The van der Waals surface area contributed by atoms with Gasteiger partial charge in [0.05, 0.1) is 12.2 Å². The number of aliphatic hydroxyl groups is 4. The van der Waals surface area contributed by atoms with E-state index in [1.165, 1.54) is 0 Å². The van der Waals surface area contributed by atoms with Crippen LogP contribution in [0.25, 0.3) is 0 Å². The van der Waals surface area contributed by atoms with E-state index in [1.54, 1.807) is 0 Å². The molecule has 0 heterocycles. The first-order chi connectivity index (χ1) is 11.7. The van der Waals surface area contributed by atoms with Crippen LogP contribution in [0.4, 0.5) is 0 Å². The SMILES string of the molecule is OC[C@@H]1[C@@H]2[C@@H]3CC[C@H](O)[C@@H]3[C@H]3[C@H](CO)[C@@H]4[C@@H]5CC[C@H](O)[C@@H]5[C@H]1[C@H]4[C@H]23. The molecular weight excluding hydrogens is 304 g/mol. The highest BCUT2D eigenvalue weighted by molar-refractivity contribution is 5.24. The number of fused-ring (bicyclic) bond motifs is 6. The molecule has 6 saturated carbocycles. The molecule has 6 fully saturated rings. The maximum Gasteiger partial charge on any atom is 0.0574 e. The van der Waals surface area contributed by atoms with Crippen LogP contribution in [0.3, 0.4) is 0 Å². The van der Waals surface area contributed by atoms with Crippen molar-refractivity contribution in [1.29, 1.82) is 0 Å². The second-order valence-corrected chi connectivity index (χ2v) is 9.93. The number of aliphatic hydroxyl groups excluding tert-OH is 4. The molecule has 4 nitrogen and oxygen atoms in total. The first kappa shape index (κ1) is 15.0. The molecule has 0 saturated heterocycles. The molecule has 6 aliphatic carbocycles. The van der Waals surface area contributed by atoms with Gasteiger partial charge in [0.1, 0.15) is 0 Å². The van der Waals surface area contributed by atoms with Gasteiger partial charge in [-0.2, -0.15) is 0 Å². The molecular formula is C20H30O4. The molecule has 0 bridgehead atoms. The Morgan fingerprint density at radius 1 is 0.500 bits per heavy atom. The van der Waals surface area contributed by atoms with E-state index in [0.717, 1.165) is 25.7 Å². The van der Waals surface area contributed by atoms with Crippen molar-refractivity contribution in [1.82, 2.24) is 0 Å². The minimum absolute atomic E-state index is 0.193. The van der Waals surface area contributed by atoms with Crippen LogP contribution in [0, 0.1) is 71.0 Å². The van der Waals surface area contributed by atoms with Crippen molar-refractivity contribution < 1.29 is 20.4 Å². The average Bonchev–Trinajstić information content (AvgIpc) is 3.32. The molecule has 0 unspecified atom stereocenters. The Labute approximate surface area is 143 Å². The number of hydrogen-bond donors (Lipinski definition) is 4. The van der Waals surface area contributed by atoms with Gasteiger partial charge >= 0.3 is 0 Å². The monoisotopic (exact) mass is 334 g/mol. The molecule has 14 atom stereocenters. The Morgan fingerprint density at radius 3 is 1.29 bits per heavy atom. The summed E-state index contributed by atoms with van der Waals surface area (Å²) >= 11 is 0. The van der Waals surface area contributed by atoms with E-state index in [9.17, 15) is 20.4 Å². The molecule has 6 rings (SSSR count). The lowest BCUT2D eigenvalue weighted by Gasteiger charge is -2.34. The number of hydrogen-bond acceptors (Lipinski definition) is 4. The molecule has 0 radical (unpaired) electrons. The zero-order chi connectivity index (χ0) is 16.3. The van der Waals surface area contributed by atoms with Crippen molar-refractivity contribution >= 4 is 0 Å². The van der Waals surface area contributed by atoms with Crippen LogP contribution >= 0.6 is 0 Å². The van der Waals surface area contributed by atoms with E-state index >= 15 is 0 Å². The third kappa shape index (κ3) is 1.42. The first-order valence-corrected chi connectivity index (χ1v) is 10.3. The molecule has 0 aromatic carbocycles. The largest absolute Gasteiger partial charge is 0.396 e. The van der Waals surface area contributed by atoms with Crippen LogP contribution in [-0.2, 0) is 0 Å². The topological polar surface area (TPSA) is 80.9 Å². The maximum atomic E-state index is 10.7. The van der Waals surface area contributed by atoms with Crippen LogP contribution in [0.15, 0.2) is 0 Å². The van der Waals surface area contributed by atoms with Gasteiger partial charge in [0, 0.05) is 13.2 Å². The third-order valence-corrected chi connectivity index (χ3v) is 9.97. The van der Waals surface area contributed by atoms with Gasteiger partial charge in [-0.05, 0) is 96.7 Å². The van der Waals surface area contributed by atoms with Crippen molar-refractivity contribution in [3.63, 3.8) is 0 Å². The van der Waals surface area contributed by atoms with Gasteiger partial charge in [-0.1, -0.05) is 0 Å². The Balaban J connectivity index is 1.50.